The van der Waals surface area contributed by atoms with Crippen LogP contribution in [0, 0.1) is 6.92 Å². The number of carbonyl (C=O) groups is 1. The van der Waals surface area contributed by atoms with Crippen molar-refractivity contribution in [2.75, 3.05) is 33.7 Å². The maximum absolute atomic E-state index is 12.4. The molecule has 2 aliphatic rings. The van der Waals surface area contributed by atoms with Crippen LogP contribution in [0.15, 0.2) is 36.3 Å². The standard InChI is InChI=1S/C19H23N7OS/c1-3-26-14-7-5-4-6-12(14)23-17(26)15(20)16-11(2)8-21-19(24-16)25-18(27)13-9-28-10-22-13/h4-8,13,22-23H,3,9-10,20H2,1-2H3,(H,21,24,25,27)/b17-15-/t13-/m0/s1. The van der Waals surface area contributed by atoms with Gasteiger partial charge in [0.05, 0.1) is 28.8 Å². The summed E-state index contributed by atoms with van der Waals surface area (Å²) in [7, 11) is 0. The van der Waals surface area contributed by atoms with Gasteiger partial charge in [-0.25, -0.2) is 9.97 Å². The Kier molecular flexibility index (Phi) is 5.10. The zero-order valence-corrected chi connectivity index (χ0v) is 16.6. The number of nitrogens with two attached hydrogens (primary N) is 1. The van der Waals surface area contributed by atoms with Gasteiger partial charge in [-0.2, -0.15) is 0 Å². The molecule has 2 aliphatic heterocycles. The van der Waals surface area contributed by atoms with Gasteiger partial charge in [0.1, 0.15) is 5.82 Å². The number of aryl methyl sites for hydroxylation is 1. The van der Waals surface area contributed by atoms with Crippen LogP contribution >= 0.6 is 11.8 Å². The maximum Gasteiger partial charge on any atom is 0.244 e. The van der Waals surface area contributed by atoms with Gasteiger partial charge in [0.25, 0.3) is 0 Å². The highest BCUT2D eigenvalue weighted by molar-refractivity contribution is 7.99. The molecule has 1 saturated heterocycles. The Bertz CT molecular complexity index is 940. The van der Waals surface area contributed by atoms with E-state index in [0.29, 0.717) is 11.4 Å². The van der Waals surface area contributed by atoms with Crippen LogP contribution in [0.5, 0.6) is 0 Å². The molecule has 4 rings (SSSR count). The van der Waals surface area contributed by atoms with E-state index in [0.717, 1.165) is 40.9 Å². The average Bonchev–Trinajstić information content (AvgIpc) is 3.36. The quantitative estimate of drug-likeness (QED) is 0.620. The number of aromatic nitrogens is 2. The number of hydrogen-bond acceptors (Lipinski definition) is 8. The van der Waals surface area contributed by atoms with Crippen molar-refractivity contribution in [3.05, 3.63) is 47.5 Å². The fourth-order valence-corrected chi connectivity index (χ4v) is 4.26. The van der Waals surface area contributed by atoms with Crippen molar-refractivity contribution >= 4 is 40.7 Å². The van der Waals surface area contributed by atoms with Crippen molar-refractivity contribution in [2.24, 2.45) is 5.73 Å². The maximum atomic E-state index is 12.4. The van der Waals surface area contributed by atoms with Gasteiger partial charge in [0.15, 0.2) is 0 Å². The third-order valence-electron chi connectivity index (χ3n) is 4.78. The minimum absolute atomic E-state index is 0.132. The van der Waals surface area contributed by atoms with E-state index in [4.69, 9.17) is 5.73 Å². The van der Waals surface area contributed by atoms with Crippen LogP contribution in [0.4, 0.5) is 17.3 Å². The number of fused-ring (bicyclic) bond motifs is 1. The van der Waals surface area contributed by atoms with E-state index in [1.807, 2.05) is 25.1 Å². The third-order valence-corrected chi connectivity index (χ3v) is 5.72. The first-order valence-corrected chi connectivity index (χ1v) is 10.3. The summed E-state index contributed by atoms with van der Waals surface area (Å²) in [4.78, 5) is 23.2. The van der Waals surface area contributed by atoms with Crippen LogP contribution in [0.1, 0.15) is 18.2 Å². The van der Waals surface area contributed by atoms with E-state index >= 15 is 0 Å². The number of carbonyl (C=O) groups excluding carboxylic acids is 1. The van der Waals surface area contributed by atoms with Gasteiger partial charge >= 0.3 is 0 Å². The molecular weight excluding hydrogens is 374 g/mol. The van der Waals surface area contributed by atoms with Gasteiger partial charge in [0, 0.05) is 24.4 Å². The fourth-order valence-electron chi connectivity index (χ4n) is 3.32. The monoisotopic (exact) mass is 397 g/mol. The molecule has 9 heteroatoms. The van der Waals surface area contributed by atoms with Crippen molar-refractivity contribution in [2.45, 2.75) is 19.9 Å². The van der Waals surface area contributed by atoms with Gasteiger partial charge in [-0.05, 0) is 31.5 Å². The Morgan fingerprint density at radius 2 is 2.25 bits per heavy atom. The second-order valence-electron chi connectivity index (χ2n) is 6.64. The Balaban J connectivity index is 1.65. The van der Waals surface area contributed by atoms with Crippen molar-refractivity contribution in [3.8, 4) is 0 Å². The van der Waals surface area contributed by atoms with Gasteiger partial charge in [-0.15, -0.1) is 11.8 Å². The Morgan fingerprint density at radius 1 is 1.43 bits per heavy atom. The predicted molar refractivity (Wildman–Crippen MR) is 114 cm³/mol. The summed E-state index contributed by atoms with van der Waals surface area (Å²) in [6, 6.07) is 7.83. The minimum atomic E-state index is -0.226. The summed E-state index contributed by atoms with van der Waals surface area (Å²) < 4.78 is 0. The van der Waals surface area contributed by atoms with Gasteiger partial charge in [-0.1, -0.05) is 12.1 Å². The Hall–Kier alpha value is -2.78. The van der Waals surface area contributed by atoms with Crippen LogP contribution in [0.25, 0.3) is 5.70 Å². The van der Waals surface area contributed by atoms with E-state index in [9.17, 15) is 4.79 Å². The summed E-state index contributed by atoms with van der Waals surface area (Å²) in [6.07, 6.45) is 1.68. The van der Waals surface area contributed by atoms with E-state index < -0.39 is 0 Å². The average molecular weight is 398 g/mol. The lowest BCUT2D eigenvalue weighted by molar-refractivity contribution is -0.117. The van der Waals surface area contributed by atoms with Crippen molar-refractivity contribution in [1.82, 2.24) is 15.3 Å². The summed E-state index contributed by atoms with van der Waals surface area (Å²) in [5, 5.41) is 9.31. The molecule has 1 fully saturated rings. The van der Waals surface area contributed by atoms with Gasteiger partial charge < -0.3 is 16.0 Å². The first kappa shape index (κ1) is 18.6. The number of thioether (sulfide) groups is 1. The molecule has 3 heterocycles. The summed E-state index contributed by atoms with van der Waals surface area (Å²) in [5.41, 5.74) is 10.6. The molecule has 1 aromatic carbocycles. The number of nitrogens with zero attached hydrogens (tertiary/aromatic N) is 3. The predicted octanol–water partition coefficient (Wildman–Crippen LogP) is 1.92. The molecule has 8 nitrogen and oxygen atoms in total. The normalized spacial score (nSPS) is 19.9. The van der Waals surface area contributed by atoms with Gasteiger partial charge in [-0.3, -0.25) is 15.4 Å². The van der Waals surface area contributed by atoms with E-state index in [2.05, 4.69) is 43.8 Å². The van der Waals surface area contributed by atoms with Crippen LogP contribution < -0.4 is 26.6 Å². The van der Waals surface area contributed by atoms with E-state index in [1.54, 1.807) is 18.0 Å². The van der Waals surface area contributed by atoms with Crippen molar-refractivity contribution in [3.63, 3.8) is 0 Å². The highest BCUT2D eigenvalue weighted by Crippen LogP contribution is 2.37. The SMILES string of the molecule is CCN1/C(=C(\N)c2nc(NC(=O)[C@@H]3CSCN3)ncc2C)Nc2ccccc21. The molecule has 0 saturated carbocycles. The van der Waals surface area contributed by atoms with Crippen LogP contribution in [0.3, 0.4) is 0 Å². The second kappa shape index (κ2) is 7.69. The van der Waals surface area contributed by atoms with Crippen molar-refractivity contribution in [1.29, 1.82) is 0 Å². The number of para-hydroxylation sites is 2. The number of amides is 1. The molecule has 1 atom stereocenters. The summed E-state index contributed by atoms with van der Waals surface area (Å²) >= 11 is 1.69. The van der Waals surface area contributed by atoms with Crippen LogP contribution in [0.2, 0.25) is 0 Å². The second-order valence-corrected chi connectivity index (χ2v) is 7.67. The topological polar surface area (TPSA) is 108 Å². The van der Waals surface area contributed by atoms with Gasteiger partial charge in [0.2, 0.25) is 11.9 Å². The molecule has 146 valence electrons. The number of nitrogens with one attached hydrogen (secondary N) is 3. The molecule has 0 aliphatic carbocycles. The largest absolute Gasteiger partial charge is 0.394 e. The molecule has 1 amide bonds. The zero-order chi connectivity index (χ0) is 19.7. The Labute approximate surface area is 168 Å². The highest BCUT2D eigenvalue weighted by atomic mass is 32.2. The zero-order valence-electron chi connectivity index (χ0n) is 15.8. The molecule has 0 unspecified atom stereocenters. The lowest BCUT2D eigenvalue weighted by atomic mass is 10.2. The van der Waals surface area contributed by atoms with Crippen molar-refractivity contribution < 1.29 is 4.79 Å². The molecular formula is C19H23N7OS. The minimum Gasteiger partial charge on any atom is -0.394 e. The number of anilines is 3. The van der Waals surface area contributed by atoms with E-state index in [-0.39, 0.29) is 17.9 Å². The van der Waals surface area contributed by atoms with E-state index in [1.165, 1.54) is 0 Å². The summed E-state index contributed by atoms with van der Waals surface area (Å²) in [6.45, 7) is 4.74. The lowest BCUT2D eigenvalue weighted by Gasteiger charge is -2.20. The number of benzene rings is 1. The summed E-state index contributed by atoms with van der Waals surface area (Å²) in [5.74, 6) is 2.43. The molecule has 5 N–H and O–H groups in total. The molecule has 2 aromatic rings. The number of rotatable bonds is 4. The molecule has 28 heavy (non-hydrogen) atoms. The van der Waals surface area contributed by atoms with Crippen LogP contribution in [-0.2, 0) is 4.79 Å². The first-order chi connectivity index (χ1) is 13.6. The Morgan fingerprint density at radius 3 is 3.00 bits per heavy atom. The molecule has 0 radical (unpaired) electrons. The fraction of sp³-hybridized carbons (Fsp3) is 0.316. The lowest BCUT2D eigenvalue weighted by Crippen LogP contribution is -2.38. The highest BCUT2D eigenvalue weighted by Gasteiger charge is 2.27. The molecule has 0 spiro atoms. The molecule has 1 aromatic heterocycles. The first-order valence-electron chi connectivity index (χ1n) is 9.17. The third kappa shape index (κ3) is 3.38. The smallest absolute Gasteiger partial charge is 0.244 e. The van der Waals surface area contributed by atoms with Crippen LogP contribution in [-0.4, -0.2) is 40.1 Å². The molecule has 0 bridgehead atoms. The number of hydrogen-bond donors (Lipinski definition) is 4.